The maximum Gasteiger partial charge on any atom is 0.254 e. The van der Waals surface area contributed by atoms with E-state index in [0.717, 1.165) is 42.5 Å². The number of amides is 2. The molecule has 0 radical (unpaired) electrons. The van der Waals surface area contributed by atoms with Gasteiger partial charge in [0.2, 0.25) is 5.91 Å². The molecule has 166 valence electrons. The number of nitrogens with one attached hydrogen (secondary N) is 3. The first-order valence-corrected chi connectivity index (χ1v) is 11.5. The second kappa shape index (κ2) is 11.5. The number of carbonyl (C=O) groups excluding carboxylic acids is 2. The number of piperazine rings is 1. The Morgan fingerprint density at radius 3 is 2.74 bits per heavy atom. The molecule has 0 unspecified atom stereocenters. The molecule has 1 aromatic heterocycles. The van der Waals surface area contributed by atoms with Gasteiger partial charge in [0.25, 0.3) is 5.91 Å². The number of benzene rings is 1. The first-order chi connectivity index (χ1) is 15.1. The Labute approximate surface area is 187 Å². The average Bonchev–Trinajstić information content (AvgIpc) is 3.25. The van der Waals surface area contributed by atoms with Gasteiger partial charge in [-0.3, -0.25) is 9.59 Å². The van der Waals surface area contributed by atoms with Gasteiger partial charge in [0.1, 0.15) is 0 Å². The molecule has 0 atom stereocenters. The highest BCUT2D eigenvalue weighted by Crippen LogP contribution is 2.13. The van der Waals surface area contributed by atoms with Crippen molar-refractivity contribution in [2.24, 2.45) is 4.99 Å². The molecule has 1 fully saturated rings. The molecule has 8 nitrogen and oxygen atoms in total. The van der Waals surface area contributed by atoms with Crippen molar-refractivity contribution in [1.82, 2.24) is 25.8 Å². The number of guanidine groups is 1. The number of nitrogens with zero attached hydrogens (tertiary/aromatic N) is 3. The normalized spacial score (nSPS) is 14.3. The molecule has 0 bridgehead atoms. The Balaban J connectivity index is 1.52. The van der Waals surface area contributed by atoms with Crippen LogP contribution in [-0.2, 0) is 24.2 Å². The van der Waals surface area contributed by atoms with E-state index in [2.05, 4.69) is 32.9 Å². The van der Waals surface area contributed by atoms with Crippen LogP contribution in [0.1, 0.15) is 39.7 Å². The quantitative estimate of drug-likeness (QED) is 0.426. The van der Waals surface area contributed by atoms with Gasteiger partial charge in [0.15, 0.2) is 5.96 Å². The summed E-state index contributed by atoms with van der Waals surface area (Å²) in [6, 6.07) is 7.42. The van der Waals surface area contributed by atoms with Gasteiger partial charge in [0.05, 0.1) is 18.1 Å². The monoisotopic (exact) mass is 442 g/mol. The predicted molar refractivity (Wildman–Crippen MR) is 123 cm³/mol. The van der Waals surface area contributed by atoms with Crippen LogP contribution in [-0.4, -0.2) is 60.4 Å². The molecule has 2 amide bonds. The molecule has 3 N–H and O–H groups in total. The van der Waals surface area contributed by atoms with Gasteiger partial charge < -0.3 is 20.9 Å². The fourth-order valence-electron chi connectivity index (χ4n) is 3.17. The Morgan fingerprint density at radius 2 is 2.06 bits per heavy atom. The summed E-state index contributed by atoms with van der Waals surface area (Å²) in [7, 11) is 0. The number of aromatic nitrogens is 1. The minimum absolute atomic E-state index is 0.114. The van der Waals surface area contributed by atoms with Gasteiger partial charge in [0, 0.05) is 49.2 Å². The van der Waals surface area contributed by atoms with Crippen molar-refractivity contribution in [3.8, 4) is 0 Å². The van der Waals surface area contributed by atoms with Crippen LogP contribution in [0.25, 0.3) is 0 Å². The van der Waals surface area contributed by atoms with Crippen molar-refractivity contribution in [3.63, 3.8) is 0 Å². The Hall–Kier alpha value is -2.94. The third kappa shape index (κ3) is 6.78. The van der Waals surface area contributed by atoms with E-state index in [9.17, 15) is 9.59 Å². The second-order valence-electron chi connectivity index (χ2n) is 7.22. The maximum absolute atomic E-state index is 12.6. The number of aliphatic imine (C=N–C) groups is 1. The topological polar surface area (TPSA) is 98.7 Å². The molecule has 1 aliphatic heterocycles. The lowest BCUT2D eigenvalue weighted by atomic mass is 10.1. The minimum Gasteiger partial charge on any atom is -0.357 e. The smallest absolute Gasteiger partial charge is 0.254 e. The van der Waals surface area contributed by atoms with Crippen LogP contribution in [0.2, 0.25) is 0 Å². The van der Waals surface area contributed by atoms with Crippen LogP contribution in [0.15, 0.2) is 35.5 Å². The Morgan fingerprint density at radius 1 is 1.26 bits per heavy atom. The number of rotatable bonds is 8. The highest BCUT2D eigenvalue weighted by Gasteiger charge is 2.22. The van der Waals surface area contributed by atoms with Crippen LogP contribution in [0.4, 0.5) is 0 Å². The summed E-state index contributed by atoms with van der Waals surface area (Å²) in [6.45, 7) is 7.37. The van der Waals surface area contributed by atoms with Gasteiger partial charge in [-0.25, -0.2) is 9.98 Å². The van der Waals surface area contributed by atoms with Gasteiger partial charge in [-0.05, 0) is 31.0 Å². The fraction of sp³-hybridized carbons (Fsp3) is 0.455. The third-order valence-corrected chi connectivity index (χ3v) is 6.07. The van der Waals surface area contributed by atoms with Gasteiger partial charge in [-0.2, -0.15) is 0 Å². The molecular formula is C22H30N6O2S. The van der Waals surface area contributed by atoms with E-state index >= 15 is 0 Å². The molecule has 1 aromatic carbocycles. The highest BCUT2D eigenvalue weighted by atomic mass is 32.1. The molecule has 9 heteroatoms. The van der Waals surface area contributed by atoms with Crippen molar-refractivity contribution in [2.75, 3.05) is 32.7 Å². The van der Waals surface area contributed by atoms with Crippen molar-refractivity contribution >= 4 is 29.1 Å². The standard InChI is InChI=1S/C22H30N6O2S/c1-3-18-14-26-20(31-18)9-10-25-22(23-4-2)27-13-16-5-7-17(8-6-16)21(30)28-12-11-24-19(29)15-28/h5-8,14H,3-4,9-13,15H2,1-2H3,(H,24,29)(H2,23,25,27). The zero-order chi connectivity index (χ0) is 22.1. The van der Waals surface area contributed by atoms with Crippen molar-refractivity contribution in [1.29, 1.82) is 0 Å². The lowest BCUT2D eigenvalue weighted by Crippen LogP contribution is -2.49. The lowest BCUT2D eigenvalue weighted by Gasteiger charge is -2.26. The zero-order valence-corrected chi connectivity index (χ0v) is 18.9. The molecule has 0 aliphatic carbocycles. The summed E-state index contributed by atoms with van der Waals surface area (Å²) in [5.74, 6) is 0.525. The summed E-state index contributed by atoms with van der Waals surface area (Å²) in [5, 5.41) is 10.5. The van der Waals surface area contributed by atoms with E-state index in [-0.39, 0.29) is 18.4 Å². The summed E-state index contributed by atoms with van der Waals surface area (Å²) < 4.78 is 0. The molecule has 2 heterocycles. The fourth-order valence-corrected chi connectivity index (χ4v) is 4.04. The van der Waals surface area contributed by atoms with Crippen molar-refractivity contribution in [2.45, 2.75) is 33.2 Å². The number of thiazole rings is 1. The van der Waals surface area contributed by atoms with E-state index in [4.69, 9.17) is 0 Å². The molecule has 1 saturated heterocycles. The number of hydrogen-bond donors (Lipinski definition) is 3. The molecule has 1 aliphatic rings. The number of carbonyl (C=O) groups is 2. The summed E-state index contributed by atoms with van der Waals surface area (Å²) in [6.07, 6.45) is 3.83. The van der Waals surface area contributed by atoms with E-state index in [0.29, 0.717) is 25.2 Å². The second-order valence-corrected chi connectivity index (χ2v) is 8.42. The van der Waals surface area contributed by atoms with Crippen LogP contribution in [0, 0.1) is 0 Å². The summed E-state index contributed by atoms with van der Waals surface area (Å²) in [4.78, 5) is 36.0. The molecular weight excluding hydrogens is 412 g/mol. The first-order valence-electron chi connectivity index (χ1n) is 10.7. The summed E-state index contributed by atoms with van der Waals surface area (Å²) >= 11 is 1.76. The molecule has 31 heavy (non-hydrogen) atoms. The Bertz CT molecular complexity index is 909. The van der Waals surface area contributed by atoms with Gasteiger partial charge in [-0.1, -0.05) is 19.1 Å². The van der Waals surface area contributed by atoms with Crippen LogP contribution in [0.5, 0.6) is 0 Å². The van der Waals surface area contributed by atoms with E-state index < -0.39 is 0 Å². The average molecular weight is 443 g/mol. The molecule has 3 rings (SSSR count). The van der Waals surface area contributed by atoms with Gasteiger partial charge >= 0.3 is 0 Å². The SMILES string of the molecule is CCNC(=NCc1ccc(C(=O)N2CCNC(=O)C2)cc1)NCCc1ncc(CC)s1. The van der Waals surface area contributed by atoms with E-state index in [1.165, 1.54) is 4.88 Å². The number of aryl methyl sites for hydroxylation is 1. The summed E-state index contributed by atoms with van der Waals surface area (Å²) in [5.41, 5.74) is 1.60. The lowest BCUT2D eigenvalue weighted by molar-refractivity contribution is -0.123. The van der Waals surface area contributed by atoms with E-state index in [1.807, 2.05) is 25.3 Å². The third-order valence-electron chi connectivity index (χ3n) is 4.87. The molecule has 2 aromatic rings. The van der Waals surface area contributed by atoms with E-state index in [1.54, 1.807) is 28.4 Å². The Kier molecular flexibility index (Phi) is 8.40. The molecule has 0 saturated carbocycles. The minimum atomic E-state index is -0.117. The number of hydrogen-bond acceptors (Lipinski definition) is 5. The van der Waals surface area contributed by atoms with Crippen molar-refractivity contribution in [3.05, 3.63) is 51.5 Å². The first kappa shape index (κ1) is 22.7. The molecule has 0 spiro atoms. The van der Waals surface area contributed by atoms with Crippen LogP contribution >= 0.6 is 11.3 Å². The zero-order valence-electron chi connectivity index (χ0n) is 18.1. The predicted octanol–water partition coefficient (Wildman–Crippen LogP) is 1.58. The largest absolute Gasteiger partial charge is 0.357 e. The van der Waals surface area contributed by atoms with Crippen molar-refractivity contribution < 1.29 is 9.59 Å². The van der Waals surface area contributed by atoms with Crippen LogP contribution in [0.3, 0.4) is 0 Å². The van der Waals surface area contributed by atoms with Crippen LogP contribution < -0.4 is 16.0 Å². The van der Waals surface area contributed by atoms with Gasteiger partial charge in [-0.15, -0.1) is 11.3 Å². The highest BCUT2D eigenvalue weighted by molar-refractivity contribution is 7.11. The maximum atomic E-state index is 12.6.